The maximum Gasteiger partial charge on any atom is 0.217 e. The van der Waals surface area contributed by atoms with Gasteiger partial charge in [-0.25, -0.2) is 0 Å². The third-order valence-corrected chi connectivity index (χ3v) is 27.6. The molecule has 0 aromatic carbocycles. The molecule has 13 rings (SSSR count). The number of carbonyl (C=O) groups is 1. The van der Waals surface area contributed by atoms with E-state index in [0.29, 0.717) is 0 Å². The zero-order valence-corrected chi connectivity index (χ0v) is 77.2. The predicted octanol–water partition coefficient (Wildman–Crippen LogP) is -29.2. The van der Waals surface area contributed by atoms with Crippen LogP contribution in [0.4, 0.5) is 0 Å². The predicted molar refractivity (Wildman–Crippen MR) is 439 cm³/mol. The van der Waals surface area contributed by atoms with Gasteiger partial charge >= 0.3 is 0 Å². The number of hydrogen-bond donors (Lipinski definition) is 41. The van der Waals surface area contributed by atoms with Crippen molar-refractivity contribution in [1.82, 2.24) is 5.32 Å². The number of hydrogen-bond acceptors (Lipinski definition) is 66. The topological polar surface area (TPSA) is 1070 Å². The third kappa shape index (κ3) is 25.6. The standard InChI is InChI=1S/C80H135NO66/c1-15(93)81-29-42(106)58(26(12-92)125-68(29)122)138-73-57(121)60(41(105)28(137-73)13-123-69-56(120)59(139-75-62(47(111)34(98)20(6-86)130-75)142-71-54(118)44(108)31(95)17(3-83)127-71)40(104)27(136-69)14-124-74-61(46(110)33(97)19(5-85)129-74)141-70-53(117)43(107)30(94)16(2-82)126-70)140-76-64(49(113)36(100)21(7-87)131-76)144-78-66(51(115)38(102)23(9-89)133-78)146-80-67(52(116)39(103)25(11-91)135-80)147-79-65(50(114)37(101)24(10-90)134-79)145-77-63(48(112)35(99)22(8-88)132-77)143-72-55(119)45(109)32(96)18(4-84)128-72/h16-80,82-92,94-122H,2-14H2,1H3,(H,81,93)/t16-,17-,18-,19-,20-,21-,22-,23-,24-,25-,26-,27-,28-,29-,30-,31-,32-,33-,34-,35-,36-,37-,38-,39-,40-,41-,42-,43+,44+,45+,46+,47+,48+,49+,50+,51+,52+,53+,54+,55-,56+,57+,58-,59+,60+,61+,62+,63-,64+,65-,66+,67+,68?,69+,70-,71-,72+,73+,74+,75-,76-,77+,78-,79+,80-/m1/s1. The van der Waals surface area contributed by atoms with Gasteiger partial charge in [0.15, 0.2) is 81.8 Å². The Kier molecular flexibility index (Phi) is 43.2. The molecule has 13 fully saturated rings. The van der Waals surface area contributed by atoms with Gasteiger partial charge in [0.1, 0.15) is 317 Å². The Hall–Kier alpha value is -3.13. The van der Waals surface area contributed by atoms with Crippen LogP contribution in [0, 0.1) is 0 Å². The monoisotopic (exact) mass is 2170 g/mol. The van der Waals surface area contributed by atoms with Crippen LogP contribution in [-0.2, 0) is 123 Å². The van der Waals surface area contributed by atoms with Crippen LogP contribution in [0.2, 0.25) is 0 Å². The lowest BCUT2D eigenvalue weighted by atomic mass is 9.94. The molecule has 65 atom stereocenters. The number of nitrogens with one attached hydrogen (secondary N) is 1. The smallest absolute Gasteiger partial charge is 0.217 e. The van der Waals surface area contributed by atoms with Crippen LogP contribution in [0.1, 0.15) is 6.92 Å². The second-order valence-electron chi connectivity index (χ2n) is 37.2. The first-order valence-corrected chi connectivity index (χ1v) is 46.7. The van der Waals surface area contributed by atoms with Gasteiger partial charge in [-0.2, -0.15) is 0 Å². The van der Waals surface area contributed by atoms with E-state index in [1.54, 1.807) is 0 Å². The summed E-state index contributed by atoms with van der Waals surface area (Å²) in [6.07, 6.45) is -147. The molecule has 13 heterocycles. The molecule has 0 radical (unpaired) electrons. The van der Waals surface area contributed by atoms with Crippen LogP contribution >= 0.6 is 0 Å². The number of ether oxygens (including phenoxy) is 25. The lowest BCUT2D eigenvalue weighted by Gasteiger charge is -2.51. The molecule has 856 valence electrons. The third-order valence-electron chi connectivity index (χ3n) is 27.6. The summed E-state index contributed by atoms with van der Waals surface area (Å²) in [5, 5.41) is 451. The van der Waals surface area contributed by atoms with Crippen molar-refractivity contribution in [3.8, 4) is 0 Å². The number of rotatable bonds is 38. The Balaban J connectivity index is 0.831. The van der Waals surface area contributed by atoms with Crippen LogP contribution in [0.3, 0.4) is 0 Å². The number of aliphatic hydroxyl groups excluding tert-OH is 40. The van der Waals surface area contributed by atoms with Gasteiger partial charge in [-0.3, -0.25) is 4.79 Å². The average molecular weight is 2170 g/mol. The van der Waals surface area contributed by atoms with Crippen molar-refractivity contribution in [3.63, 3.8) is 0 Å². The minimum absolute atomic E-state index is 0.918. The van der Waals surface area contributed by atoms with Crippen molar-refractivity contribution in [3.05, 3.63) is 0 Å². The summed E-state index contributed by atoms with van der Waals surface area (Å²) >= 11 is 0. The van der Waals surface area contributed by atoms with E-state index in [4.69, 9.17) is 118 Å². The highest BCUT2D eigenvalue weighted by molar-refractivity contribution is 5.73. The maximum atomic E-state index is 12.9. The second kappa shape index (κ2) is 52.6. The van der Waals surface area contributed by atoms with Gasteiger partial charge in [-0.1, -0.05) is 0 Å². The highest BCUT2D eigenvalue weighted by Gasteiger charge is 2.65. The van der Waals surface area contributed by atoms with Gasteiger partial charge < -0.3 is 328 Å². The van der Waals surface area contributed by atoms with E-state index in [2.05, 4.69) is 5.32 Å². The van der Waals surface area contributed by atoms with Crippen molar-refractivity contribution in [2.75, 3.05) is 85.9 Å². The summed E-state index contributed by atoms with van der Waals surface area (Å²) in [6, 6.07) is -1.91. The lowest BCUT2D eigenvalue weighted by Crippen LogP contribution is -2.69. The summed E-state index contributed by atoms with van der Waals surface area (Å²) in [4.78, 5) is 12.6. The fourth-order valence-electron chi connectivity index (χ4n) is 19.0. The molecule has 13 aliphatic heterocycles. The van der Waals surface area contributed by atoms with Gasteiger partial charge in [0.25, 0.3) is 0 Å². The van der Waals surface area contributed by atoms with Crippen molar-refractivity contribution in [2.24, 2.45) is 0 Å². The summed E-state index contributed by atoms with van der Waals surface area (Å²) < 4.78 is 148. The van der Waals surface area contributed by atoms with Crippen molar-refractivity contribution < 1.29 is 327 Å². The molecule has 13 aliphatic rings. The number of amides is 1. The first kappa shape index (κ1) is 121. The second-order valence-corrected chi connectivity index (χ2v) is 37.2. The molecular weight excluding hydrogens is 2030 g/mol. The molecule has 41 N–H and O–H groups in total. The molecule has 67 heteroatoms. The van der Waals surface area contributed by atoms with Crippen molar-refractivity contribution in [1.29, 1.82) is 0 Å². The van der Waals surface area contributed by atoms with Gasteiger partial charge in [-0.05, 0) is 0 Å². The van der Waals surface area contributed by atoms with Gasteiger partial charge in [-0.15, -0.1) is 0 Å². The highest BCUT2D eigenvalue weighted by Crippen LogP contribution is 2.44. The molecule has 0 spiro atoms. The molecule has 67 nitrogen and oxygen atoms in total. The Labute approximate surface area is 828 Å². The molecule has 0 saturated carbocycles. The molecule has 0 aromatic heterocycles. The van der Waals surface area contributed by atoms with Crippen LogP contribution in [-0.4, -0.2) is 695 Å². The van der Waals surface area contributed by atoms with E-state index < -0.39 is 491 Å². The van der Waals surface area contributed by atoms with Gasteiger partial charge in [0, 0.05) is 6.92 Å². The van der Waals surface area contributed by atoms with E-state index >= 15 is 0 Å². The molecule has 0 aliphatic carbocycles. The van der Waals surface area contributed by atoms with E-state index in [-0.39, 0.29) is 0 Å². The fraction of sp³-hybridized carbons (Fsp3) is 0.988. The molecule has 147 heavy (non-hydrogen) atoms. The van der Waals surface area contributed by atoms with Gasteiger partial charge in [0.05, 0.1) is 85.9 Å². The molecule has 0 aromatic rings. The van der Waals surface area contributed by atoms with Crippen molar-refractivity contribution >= 4 is 5.91 Å². The van der Waals surface area contributed by atoms with Gasteiger partial charge in [0.2, 0.25) is 5.91 Å². The first-order valence-electron chi connectivity index (χ1n) is 46.7. The molecular formula is C80H135NO66. The molecule has 1 amide bonds. The average Bonchev–Trinajstić information content (AvgIpc) is 0.771. The molecule has 1 unspecified atom stereocenters. The molecule has 13 saturated heterocycles. The lowest BCUT2D eigenvalue weighted by molar-refractivity contribution is -0.420. The number of carbonyl (C=O) groups excluding carboxylic acids is 1. The Bertz CT molecular complexity index is 3940. The number of aliphatic hydroxyl groups is 40. The highest BCUT2D eigenvalue weighted by atomic mass is 16.8. The SMILES string of the molecule is CC(=O)N[C@H]1C(O)O[C@H](CO)[C@@H](O[C@@H]2O[C@H](CO[C@H]3O[C@H](CO[C@H]4O[C@H](CO)[C@@H](O)[C@H](O)[C@@H]4O[C@H]4O[C@H](CO)[C@@H](O)[C@H](O)[C@@H]4O)[C@@H](O)[C@H](O[C@H]4O[C@H](CO)[C@@H](O)[C@H](O)[C@@H]4O[C@H]4O[C@H](CO)[C@@H](O)[C@H](O)[C@@H]4O)[C@@H]3O)[C@@H](O)[C@H](O[C@H]3O[C@H](CO)[C@@H](O)[C@H](O)[C@@H]3O[C@H]3O[C@H](CO)[C@@H](O)[C@H](O)[C@@H]3O[C@H]3O[C@H](CO)[C@@H](O)[C@H](O)[C@@H]3O[C@@H]3O[C@H](CO)[C@@H](O)[C@H](O)[C@H]3O[C@@H]3O[C@H](CO)[C@@H](O)[C@H](O)[C@H]3O[C@@H]3O[C@H](CO)[C@@H](O)[C@H](O)[C@H]3O)[C@@H]2O)[C@@H]1O. The normalized spacial score (nSPS) is 52.9. The molecule has 0 bridgehead atoms. The summed E-state index contributed by atoms with van der Waals surface area (Å²) in [6.45, 7) is -14.8. The van der Waals surface area contributed by atoms with E-state index in [1.165, 1.54) is 0 Å². The Morgan fingerprint density at radius 2 is 0.361 bits per heavy atom. The summed E-state index contributed by atoms with van der Waals surface area (Å²) in [5.41, 5.74) is 0. The maximum absolute atomic E-state index is 12.9. The summed E-state index contributed by atoms with van der Waals surface area (Å²) in [7, 11) is 0. The van der Waals surface area contributed by atoms with Crippen LogP contribution in [0.25, 0.3) is 0 Å². The summed E-state index contributed by atoms with van der Waals surface area (Å²) in [5.74, 6) is -0.945. The fourth-order valence-corrected chi connectivity index (χ4v) is 19.0. The largest absolute Gasteiger partial charge is 0.394 e. The van der Waals surface area contributed by atoms with E-state index in [0.717, 1.165) is 6.92 Å². The quantitative estimate of drug-likeness (QED) is 0.0273. The van der Waals surface area contributed by atoms with Crippen LogP contribution < -0.4 is 5.32 Å². The Morgan fingerprint density at radius 1 is 0.177 bits per heavy atom. The van der Waals surface area contributed by atoms with E-state index in [1.807, 2.05) is 0 Å². The van der Waals surface area contributed by atoms with Crippen LogP contribution in [0.15, 0.2) is 0 Å². The van der Waals surface area contributed by atoms with Crippen molar-refractivity contribution in [2.45, 2.75) is 406 Å². The first-order chi connectivity index (χ1) is 69.7. The Morgan fingerprint density at radius 3 is 0.612 bits per heavy atom. The minimum atomic E-state index is -2.72. The zero-order valence-electron chi connectivity index (χ0n) is 77.2. The van der Waals surface area contributed by atoms with E-state index in [9.17, 15) is 209 Å². The van der Waals surface area contributed by atoms with Crippen LogP contribution in [0.5, 0.6) is 0 Å². The minimum Gasteiger partial charge on any atom is -0.394 e. The zero-order chi connectivity index (χ0) is 108.